The van der Waals surface area contributed by atoms with Crippen LogP contribution in [0.15, 0.2) is 16.7 Å². The van der Waals surface area contributed by atoms with Crippen molar-refractivity contribution in [2.45, 2.75) is 19.9 Å². The van der Waals surface area contributed by atoms with Crippen LogP contribution in [0, 0.1) is 0 Å². The minimum Gasteiger partial charge on any atom is -0.480 e. The van der Waals surface area contributed by atoms with E-state index >= 15 is 0 Å². The van der Waals surface area contributed by atoms with Crippen LogP contribution in [0.5, 0.6) is 5.88 Å². The van der Waals surface area contributed by atoms with Crippen LogP contribution in [-0.4, -0.2) is 34.0 Å². The van der Waals surface area contributed by atoms with E-state index in [2.05, 4.69) is 25.7 Å². The maximum Gasteiger partial charge on any atom is 0.243 e. The van der Waals surface area contributed by atoms with E-state index in [1.54, 1.807) is 12.1 Å². The lowest BCUT2D eigenvalue weighted by Crippen LogP contribution is -2.17. The van der Waals surface area contributed by atoms with Crippen LogP contribution in [0.25, 0.3) is 11.5 Å². The first-order chi connectivity index (χ1) is 8.74. The number of rotatable bonds is 5. The summed E-state index contributed by atoms with van der Waals surface area (Å²) in [6.45, 7) is 4.81. The van der Waals surface area contributed by atoms with Gasteiger partial charge in [0.2, 0.25) is 17.6 Å². The van der Waals surface area contributed by atoms with Crippen molar-refractivity contribution in [2.24, 2.45) is 0 Å². The highest BCUT2D eigenvalue weighted by Crippen LogP contribution is 2.17. The molecule has 0 bridgehead atoms. The van der Waals surface area contributed by atoms with Crippen LogP contribution in [0.2, 0.25) is 0 Å². The molecule has 0 aliphatic heterocycles. The molecule has 1 unspecified atom stereocenters. The Morgan fingerprint density at radius 1 is 1.39 bits per heavy atom. The van der Waals surface area contributed by atoms with E-state index in [4.69, 9.17) is 9.26 Å². The molecule has 96 valence electrons. The van der Waals surface area contributed by atoms with E-state index in [-0.39, 0.29) is 6.04 Å². The molecular weight excluding hydrogens is 234 g/mol. The molecule has 2 rings (SSSR count). The van der Waals surface area contributed by atoms with Crippen molar-refractivity contribution in [1.82, 2.24) is 25.7 Å². The lowest BCUT2D eigenvalue weighted by Gasteiger charge is -2.04. The fourth-order valence-corrected chi connectivity index (χ4v) is 1.46. The largest absolute Gasteiger partial charge is 0.480 e. The minimum atomic E-state index is 0.0162. The Kier molecular flexibility index (Phi) is 3.83. The zero-order valence-corrected chi connectivity index (χ0v) is 10.5. The van der Waals surface area contributed by atoms with Gasteiger partial charge < -0.3 is 14.6 Å². The Morgan fingerprint density at radius 2 is 2.22 bits per heavy atom. The minimum absolute atomic E-state index is 0.0162. The average molecular weight is 249 g/mol. The third kappa shape index (κ3) is 2.62. The second kappa shape index (κ2) is 5.54. The van der Waals surface area contributed by atoms with Gasteiger partial charge >= 0.3 is 0 Å². The van der Waals surface area contributed by atoms with Gasteiger partial charge in [-0.3, -0.25) is 0 Å². The maximum absolute atomic E-state index is 5.17. The maximum atomic E-state index is 5.17. The summed E-state index contributed by atoms with van der Waals surface area (Å²) in [6, 6.07) is 3.45. The van der Waals surface area contributed by atoms with Crippen molar-refractivity contribution in [3.63, 3.8) is 0 Å². The molecule has 2 aromatic heterocycles. The van der Waals surface area contributed by atoms with Crippen LogP contribution in [-0.2, 0) is 0 Å². The smallest absolute Gasteiger partial charge is 0.243 e. The first-order valence-electron chi connectivity index (χ1n) is 5.69. The van der Waals surface area contributed by atoms with Crippen molar-refractivity contribution in [1.29, 1.82) is 0 Å². The van der Waals surface area contributed by atoms with Gasteiger partial charge in [0, 0.05) is 6.07 Å². The molecule has 0 aromatic carbocycles. The highest BCUT2D eigenvalue weighted by molar-refractivity contribution is 5.47. The Bertz CT molecular complexity index is 496. The summed E-state index contributed by atoms with van der Waals surface area (Å²) >= 11 is 0. The molecule has 2 heterocycles. The molecule has 7 heteroatoms. The van der Waals surface area contributed by atoms with Crippen LogP contribution in [0.4, 0.5) is 0 Å². The lowest BCUT2D eigenvalue weighted by atomic mass is 10.3. The molecule has 0 aliphatic carbocycles. The Labute approximate surface area is 105 Å². The van der Waals surface area contributed by atoms with E-state index < -0.39 is 0 Å². The number of hydrogen-bond acceptors (Lipinski definition) is 7. The third-order valence-electron chi connectivity index (χ3n) is 2.40. The number of ether oxygens (including phenoxy) is 1. The molecule has 2 aromatic rings. The topological polar surface area (TPSA) is 86.0 Å². The first kappa shape index (κ1) is 12.4. The lowest BCUT2D eigenvalue weighted by molar-refractivity contribution is 0.342. The van der Waals surface area contributed by atoms with Gasteiger partial charge in [0.15, 0.2) is 0 Å². The SMILES string of the molecule is CCNC(C)c1nc(-c2ccc(OC)nn2)no1. The monoisotopic (exact) mass is 249 g/mol. The molecule has 0 saturated carbocycles. The third-order valence-corrected chi connectivity index (χ3v) is 2.40. The van der Waals surface area contributed by atoms with Crippen LogP contribution >= 0.6 is 0 Å². The van der Waals surface area contributed by atoms with Gasteiger partial charge in [0.05, 0.1) is 13.2 Å². The van der Waals surface area contributed by atoms with Crippen LogP contribution in [0.3, 0.4) is 0 Å². The van der Waals surface area contributed by atoms with Crippen molar-refractivity contribution in [3.8, 4) is 17.4 Å². The molecule has 1 N–H and O–H groups in total. The second-order valence-corrected chi connectivity index (χ2v) is 3.70. The Hall–Kier alpha value is -2.02. The van der Waals surface area contributed by atoms with E-state index in [1.165, 1.54) is 7.11 Å². The van der Waals surface area contributed by atoms with Gasteiger partial charge in [0.25, 0.3) is 0 Å². The number of hydrogen-bond donors (Lipinski definition) is 1. The Balaban J connectivity index is 2.18. The summed E-state index contributed by atoms with van der Waals surface area (Å²) in [6.07, 6.45) is 0. The van der Waals surface area contributed by atoms with Crippen molar-refractivity contribution < 1.29 is 9.26 Å². The van der Waals surface area contributed by atoms with Gasteiger partial charge in [-0.05, 0) is 19.5 Å². The summed E-state index contributed by atoms with van der Waals surface area (Å²) in [5.41, 5.74) is 0.550. The normalized spacial score (nSPS) is 12.4. The predicted octanol–water partition coefficient (Wildman–Crippen LogP) is 1.21. The summed E-state index contributed by atoms with van der Waals surface area (Å²) in [4.78, 5) is 4.27. The van der Waals surface area contributed by atoms with Gasteiger partial charge in [-0.25, -0.2) is 0 Å². The zero-order chi connectivity index (χ0) is 13.0. The second-order valence-electron chi connectivity index (χ2n) is 3.70. The standard InChI is InChI=1S/C11H15N5O2/c1-4-12-7(2)11-13-10(16-18-11)8-5-6-9(17-3)15-14-8/h5-7,12H,4H2,1-3H3. The molecule has 0 spiro atoms. The van der Waals surface area contributed by atoms with Crippen molar-refractivity contribution >= 4 is 0 Å². The first-order valence-corrected chi connectivity index (χ1v) is 5.69. The summed E-state index contributed by atoms with van der Waals surface area (Å²) < 4.78 is 10.1. The molecule has 0 fully saturated rings. The number of nitrogens with one attached hydrogen (secondary N) is 1. The summed E-state index contributed by atoms with van der Waals surface area (Å²) in [5.74, 6) is 1.40. The predicted molar refractivity (Wildman–Crippen MR) is 64.0 cm³/mol. The number of aromatic nitrogens is 4. The van der Waals surface area contributed by atoms with Gasteiger partial charge in [-0.1, -0.05) is 12.1 Å². The molecule has 1 atom stereocenters. The van der Waals surface area contributed by atoms with Gasteiger partial charge in [-0.2, -0.15) is 4.98 Å². The average Bonchev–Trinajstić information content (AvgIpc) is 2.89. The van der Waals surface area contributed by atoms with E-state index in [1.807, 2.05) is 13.8 Å². The quantitative estimate of drug-likeness (QED) is 0.852. The van der Waals surface area contributed by atoms with Gasteiger partial charge in [0.1, 0.15) is 5.69 Å². The number of methoxy groups -OCH3 is 1. The fourth-order valence-electron chi connectivity index (χ4n) is 1.46. The molecule has 0 amide bonds. The zero-order valence-electron chi connectivity index (χ0n) is 10.5. The summed E-state index contributed by atoms with van der Waals surface area (Å²) in [5, 5.41) is 14.9. The molecule has 0 radical (unpaired) electrons. The molecular formula is C11H15N5O2. The van der Waals surface area contributed by atoms with Gasteiger partial charge in [-0.15, -0.1) is 10.2 Å². The van der Waals surface area contributed by atoms with Crippen LogP contribution in [0.1, 0.15) is 25.8 Å². The number of nitrogens with zero attached hydrogens (tertiary/aromatic N) is 4. The molecule has 0 aliphatic rings. The van der Waals surface area contributed by atoms with E-state index in [0.29, 0.717) is 23.3 Å². The summed E-state index contributed by atoms with van der Waals surface area (Å²) in [7, 11) is 1.54. The highest BCUT2D eigenvalue weighted by Gasteiger charge is 2.15. The Morgan fingerprint density at radius 3 is 2.83 bits per heavy atom. The fraction of sp³-hybridized carbons (Fsp3) is 0.455. The van der Waals surface area contributed by atoms with Crippen molar-refractivity contribution in [2.75, 3.05) is 13.7 Å². The van der Waals surface area contributed by atoms with E-state index in [9.17, 15) is 0 Å². The molecule has 18 heavy (non-hydrogen) atoms. The van der Waals surface area contributed by atoms with Crippen LogP contribution < -0.4 is 10.1 Å². The van der Waals surface area contributed by atoms with E-state index in [0.717, 1.165) is 6.54 Å². The van der Waals surface area contributed by atoms with Crippen molar-refractivity contribution in [3.05, 3.63) is 18.0 Å². The molecule has 0 saturated heterocycles. The molecule has 7 nitrogen and oxygen atoms in total. The highest BCUT2D eigenvalue weighted by atomic mass is 16.5.